The summed E-state index contributed by atoms with van der Waals surface area (Å²) in [4.78, 5) is 38.0. The monoisotopic (exact) mass is 981 g/mol. The second-order valence-corrected chi connectivity index (χ2v) is 18.5. The van der Waals surface area contributed by atoms with Gasteiger partial charge in [0, 0.05) is 19.3 Å². The maximum Gasteiger partial charge on any atom is 0.306 e. The van der Waals surface area contributed by atoms with Gasteiger partial charge in [0.25, 0.3) is 0 Å². The number of unbranched alkanes of at least 4 members (excludes halogenated alkanes) is 17. The van der Waals surface area contributed by atoms with Gasteiger partial charge in [0.05, 0.1) is 0 Å². The van der Waals surface area contributed by atoms with Crippen LogP contribution in [-0.4, -0.2) is 37.2 Å². The number of ether oxygens (including phenoxy) is 3. The first-order chi connectivity index (χ1) is 35.0. The Morgan fingerprint density at radius 2 is 0.563 bits per heavy atom. The van der Waals surface area contributed by atoms with Crippen molar-refractivity contribution < 1.29 is 28.6 Å². The summed E-state index contributed by atoms with van der Waals surface area (Å²) in [5.41, 5.74) is 0. The second-order valence-electron chi connectivity index (χ2n) is 18.5. The highest BCUT2D eigenvalue weighted by atomic mass is 16.6. The van der Waals surface area contributed by atoms with Crippen LogP contribution in [-0.2, 0) is 28.6 Å². The Kier molecular flexibility index (Phi) is 54.5. The minimum absolute atomic E-state index is 0.107. The van der Waals surface area contributed by atoms with E-state index in [1.54, 1.807) is 0 Å². The Morgan fingerprint density at radius 3 is 0.930 bits per heavy atom. The highest BCUT2D eigenvalue weighted by Crippen LogP contribution is 2.13. The van der Waals surface area contributed by atoms with Gasteiger partial charge in [0.2, 0.25) is 0 Å². The number of carbonyl (C=O) groups is 3. The largest absolute Gasteiger partial charge is 0.462 e. The molecule has 0 rings (SSSR count). The number of allylic oxidation sites excluding steroid dienone is 22. The van der Waals surface area contributed by atoms with Crippen LogP contribution < -0.4 is 0 Å². The molecule has 0 saturated heterocycles. The quantitative estimate of drug-likeness (QED) is 0.0262. The van der Waals surface area contributed by atoms with Crippen molar-refractivity contribution in [3.63, 3.8) is 0 Å². The lowest BCUT2D eigenvalue weighted by Gasteiger charge is -2.18. The SMILES string of the molecule is CC/C=C\C/C=C\C/C=C\C/C=C\C/C=C\C/C=C\C/C=C\C/C=C\C/C=C\CCCC(=O)OCC(COC(=O)CCCCCCC/C=C\CCCCC)OC(=O)CCCCCCC/C=C\CCCCC. The van der Waals surface area contributed by atoms with E-state index < -0.39 is 6.10 Å². The molecule has 0 heterocycles. The molecule has 0 fully saturated rings. The third kappa shape index (κ3) is 56.3. The van der Waals surface area contributed by atoms with Crippen LogP contribution in [0.25, 0.3) is 0 Å². The molecule has 0 aromatic rings. The summed E-state index contributed by atoms with van der Waals surface area (Å²) in [6.45, 7) is 6.40. The van der Waals surface area contributed by atoms with Gasteiger partial charge in [-0.3, -0.25) is 14.4 Å². The summed E-state index contributed by atoms with van der Waals surface area (Å²) in [6.07, 6.45) is 81.7. The Hall–Kier alpha value is -4.45. The summed E-state index contributed by atoms with van der Waals surface area (Å²) in [5, 5.41) is 0. The van der Waals surface area contributed by atoms with E-state index in [4.69, 9.17) is 14.2 Å². The summed E-state index contributed by atoms with van der Waals surface area (Å²) < 4.78 is 16.7. The minimum atomic E-state index is -0.812. The molecule has 0 aliphatic rings. The van der Waals surface area contributed by atoms with E-state index in [2.05, 4.69) is 154 Å². The standard InChI is InChI=1S/C65H104O6/c1-4-7-10-13-16-19-22-25-26-27-28-29-30-31-32-33-34-35-36-37-38-39-40-41-44-46-49-52-55-58-64(67)70-61-62(71-65(68)59-56-53-50-47-43-24-21-18-15-12-9-6-3)60-69-63(66)57-54-51-48-45-42-23-20-17-14-11-8-5-2/h7,10,16-21,25-26,28-29,31-32,34-35,37-38,40-41,46,49,62H,4-6,8-9,11-15,22-24,27,30,33,36,39,42-45,47-48,50-61H2,1-3H3/b10-7-,19-16-,20-17-,21-18-,26-25-,29-28-,32-31-,35-34-,38-37-,41-40-,49-46-. The molecule has 400 valence electrons. The van der Waals surface area contributed by atoms with Crippen LogP contribution in [0.2, 0.25) is 0 Å². The van der Waals surface area contributed by atoms with Gasteiger partial charge in [0.15, 0.2) is 6.10 Å². The molecule has 0 amide bonds. The lowest BCUT2D eigenvalue weighted by atomic mass is 10.1. The molecule has 0 spiro atoms. The number of hydrogen-bond donors (Lipinski definition) is 0. The minimum Gasteiger partial charge on any atom is -0.462 e. The van der Waals surface area contributed by atoms with Gasteiger partial charge in [-0.1, -0.05) is 219 Å². The van der Waals surface area contributed by atoms with E-state index in [0.29, 0.717) is 19.3 Å². The molecule has 0 aliphatic heterocycles. The second kappa shape index (κ2) is 58.1. The van der Waals surface area contributed by atoms with E-state index in [-0.39, 0.29) is 37.5 Å². The molecule has 1 atom stereocenters. The van der Waals surface area contributed by atoms with Gasteiger partial charge in [-0.05, 0) is 135 Å². The third-order valence-electron chi connectivity index (χ3n) is 11.6. The number of rotatable bonds is 50. The van der Waals surface area contributed by atoms with Crippen molar-refractivity contribution in [2.24, 2.45) is 0 Å². The Labute approximate surface area is 436 Å². The molecule has 0 aliphatic carbocycles. The van der Waals surface area contributed by atoms with Crippen molar-refractivity contribution in [2.45, 2.75) is 245 Å². The number of carbonyl (C=O) groups excluding carboxylic acids is 3. The van der Waals surface area contributed by atoms with Crippen molar-refractivity contribution in [1.82, 2.24) is 0 Å². The molecule has 0 radical (unpaired) electrons. The van der Waals surface area contributed by atoms with E-state index >= 15 is 0 Å². The predicted molar refractivity (Wildman–Crippen MR) is 306 cm³/mol. The molecule has 0 aromatic carbocycles. The highest BCUT2D eigenvalue weighted by molar-refractivity contribution is 5.71. The smallest absolute Gasteiger partial charge is 0.306 e. The Bertz CT molecular complexity index is 1550. The van der Waals surface area contributed by atoms with E-state index in [1.165, 1.54) is 64.2 Å². The lowest BCUT2D eigenvalue weighted by molar-refractivity contribution is -0.167. The van der Waals surface area contributed by atoms with Crippen LogP contribution in [0.15, 0.2) is 134 Å². The average Bonchev–Trinajstić information content (AvgIpc) is 3.37. The summed E-state index contributed by atoms with van der Waals surface area (Å²) in [6, 6.07) is 0. The molecule has 1 unspecified atom stereocenters. The molecule has 0 aromatic heterocycles. The van der Waals surface area contributed by atoms with Crippen LogP contribution >= 0.6 is 0 Å². The third-order valence-corrected chi connectivity index (χ3v) is 11.6. The van der Waals surface area contributed by atoms with Crippen LogP contribution in [0.4, 0.5) is 0 Å². The fraction of sp³-hybridized carbons (Fsp3) is 0.615. The molecule has 0 N–H and O–H groups in total. The summed E-state index contributed by atoms with van der Waals surface area (Å²) >= 11 is 0. The maximum atomic E-state index is 12.8. The zero-order valence-electron chi connectivity index (χ0n) is 45.7. The zero-order chi connectivity index (χ0) is 51.4. The zero-order valence-corrected chi connectivity index (χ0v) is 45.7. The molecule has 0 bridgehead atoms. The van der Waals surface area contributed by atoms with E-state index in [1.807, 2.05) is 0 Å². The van der Waals surface area contributed by atoms with Crippen LogP contribution in [0.3, 0.4) is 0 Å². The van der Waals surface area contributed by atoms with E-state index in [9.17, 15) is 14.4 Å². The fourth-order valence-corrected chi connectivity index (χ4v) is 7.31. The Balaban J connectivity index is 4.40. The lowest BCUT2D eigenvalue weighted by Crippen LogP contribution is -2.30. The normalized spacial score (nSPS) is 13.1. The molecule has 71 heavy (non-hydrogen) atoms. The van der Waals surface area contributed by atoms with Crippen molar-refractivity contribution >= 4 is 17.9 Å². The van der Waals surface area contributed by atoms with Gasteiger partial charge >= 0.3 is 17.9 Å². The molecule has 6 heteroatoms. The predicted octanol–water partition coefficient (Wildman–Crippen LogP) is 19.4. The van der Waals surface area contributed by atoms with Crippen molar-refractivity contribution in [3.05, 3.63) is 134 Å². The summed E-state index contributed by atoms with van der Waals surface area (Å²) in [7, 11) is 0. The van der Waals surface area contributed by atoms with Crippen LogP contribution in [0.1, 0.15) is 239 Å². The van der Waals surface area contributed by atoms with Gasteiger partial charge in [-0.15, -0.1) is 0 Å². The van der Waals surface area contributed by atoms with Crippen molar-refractivity contribution in [2.75, 3.05) is 13.2 Å². The Morgan fingerprint density at radius 1 is 0.296 bits per heavy atom. The molecular formula is C65H104O6. The first-order valence-corrected chi connectivity index (χ1v) is 28.7. The number of esters is 3. The fourth-order valence-electron chi connectivity index (χ4n) is 7.31. The van der Waals surface area contributed by atoms with Crippen molar-refractivity contribution in [1.29, 1.82) is 0 Å². The topological polar surface area (TPSA) is 78.9 Å². The van der Waals surface area contributed by atoms with Gasteiger partial charge < -0.3 is 14.2 Å². The first-order valence-electron chi connectivity index (χ1n) is 28.7. The van der Waals surface area contributed by atoms with Gasteiger partial charge in [-0.25, -0.2) is 0 Å². The highest BCUT2D eigenvalue weighted by Gasteiger charge is 2.19. The van der Waals surface area contributed by atoms with Gasteiger partial charge in [0.1, 0.15) is 13.2 Å². The van der Waals surface area contributed by atoms with Crippen LogP contribution in [0.5, 0.6) is 0 Å². The van der Waals surface area contributed by atoms with Crippen molar-refractivity contribution in [3.8, 4) is 0 Å². The molecule has 6 nitrogen and oxygen atoms in total. The van der Waals surface area contributed by atoms with Crippen LogP contribution in [0, 0.1) is 0 Å². The van der Waals surface area contributed by atoms with Gasteiger partial charge in [-0.2, -0.15) is 0 Å². The molecule has 0 saturated carbocycles. The average molecular weight is 982 g/mol. The maximum absolute atomic E-state index is 12.8. The number of hydrogen-bond acceptors (Lipinski definition) is 6. The van der Waals surface area contributed by atoms with E-state index in [0.717, 1.165) is 128 Å². The molecular weight excluding hydrogens is 877 g/mol. The summed E-state index contributed by atoms with van der Waals surface area (Å²) in [5.74, 6) is -0.994. The first kappa shape index (κ1) is 66.6.